The molecule has 0 atom stereocenters. The second-order valence-corrected chi connectivity index (χ2v) is 3.57. The highest BCUT2D eigenvalue weighted by Gasteiger charge is 2.37. The molecule has 0 amide bonds. The minimum absolute atomic E-state index is 0.0533. The maximum atomic E-state index is 5.65. The van der Waals surface area contributed by atoms with Gasteiger partial charge in [-0.2, -0.15) is 0 Å². The zero-order valence-electron chi connectivity index (χ0n) is 7.21. The third kappa shape index (κ3) is 1.61. The summed E-state index contributed by atoms with van der Waals surface area (Å²) in [7, 11) is 0. The van der Waals surface area contributed by atoms with Crippen LogP contribution in [0, 0.1) is 0 Å². The van der Waals surface area contributed by atoms with Crippen LogP contribution in [-0.4, -0.2) is 38.1 Å². The summed E-state index contributed by atoms with van der Waals surface area (Å²) in [6, 6.07) is 0.0533. The Morgan fingerprint density at radius 2 is 2.08 bits per heavy atom. The molecule has 70 valence electrons. The van der Waals surface area contributed by atoms with Crippen LogP contribution in [0.2, 0.25) is 0 Å². The molecule has 12 heavy (non-hydrogen) atoms. The maximum absolute atomic E-state index is 5.65. The van der Waals surface area contributed by atoms with E-state index < -0.39 is 0 Å². The van der Waals surface area contributed by atoms with Gasteiger partial charge in [0.2, 0.25) is 0 Å². The van der Waals surface area contributed by atoms with Gasteiger partial charge < -0.3 is 20.5 Å². The molecule has 0 radical (unpaired) electrons. The molecule has 4 nitrogen and oxygen atoms in total. The lowest BCUT2D eigenvalue weighted by molar-refractivity contribution is -0.276. The van der Waals surface area contributed by atoms with Gasteiger partial charge in [0.15, 0.2) is 5.79 Å². The van der Waals surface area contributed by atoms with E-state index in [0.29, 0.717) is 13.2 Å². The van der Waals surface area contributed by atoms with Crippen LogP contribution in [0.15, 0.2) is 0 Å². The van der Waals surface area contributed by atoms with E-state index in [1.54, 1.807) is 0 Å². The van der Waals surface area contributed by atoms with Crippen LogP contribution in [-0.2, 0) is 9.47 Å². The Kier molecular flexibility index (Phi) is 2.32. The van der Waals surface area contributed by atoms with Gasteiger partial charge in [-0.1, -0.05) is 0 Å². The normalized spacial score (nSPS) is 43.2. The first kappa shape index (κ1) is 8.44. The first-order valence-corrected chi connectivity index (χ1v) is 4.55. The first-order valence-electron chi connectivity index (χ1n) is 4.55. The van der Waals surface area contributed by atoms with Gasteiger partial charge in [-0.05, 0) is 13.0 Å². The third-order valence-electron chi connectivity index (χ3n) is 2.43. The van der Waals surface area contributed by atoms with E-state index >= 15 is 0 Å². The Balaban J connectivity index is 1.92. The van der Waals surface area contributed by atoms with Gasteiger partial charge in [-0.3, -0.25) is 0 Å². The maximum Gasteiger partial charge on any atom is 0.180 e. The minimum atomic E-state index is -0.353. The zero-order chi connectivity index (χ0) is 8.44. The molecule has 1 spiro atoms. The van der Waals surface area contributed by atoms with Crippen molar-refractivity contribution in [3.05, 3.63) is 0 Å². The molecular formula is C8H16N2O2. The number of rotatable bonds is 0. The molecule has 2 aliphatic rings. The van der Waals surface area contributed by atoms with E-state index in [1.807, 2.05) is 0 Å². The van der Waals surface area contributed by atoms with Crippen LogP contribution >= 0.6 is 0 Å². The largest absolute Gasteiger partial charge is 0.347 e. The zero-order valence-corrected chi connectivity index (χ0v) is 7.21. The molecule has 0 saturated carbocycles. The number of piperidine rings is 1. The van der Waals surface area contributed by atoms with Gasteiger partial charge in [0.25, 0.3) is 0 Å². The van der Waals surface area contributed by atoms with Gasteiger partial charge in [0.1, 0.15) is 0 Å². The summed E-state index contributed by atoms with van der Waals surface area (Å²) in [5, 5.41) is 3.27. The van der Waals surface area contributed by atoms with Gasteiger partial charge >= 0.3 is 0 Å². The van der Waals surface area contributed by atoms with E-state index in [0.717, 1.165) is 25.9 Å². The van der Waals surface area contributed by atoms with E-state index in [2.05, 4.69) is 5.32 Å². The number of nitrogens with one attached hydrogen (secondary N) is 1. The van der Waals surface area contributed by atoms with E-state index in [9.17, 15) is 0 Å². The van der Waals surface area contributed by atoms with Gasteiger partial charge in [0.05, 0.1) is 19.3 Å². The molecule has 2 saturated heterocycles. The molecule has 2 aliphatic heterocycles. The van der Waals surface area contributed by atoms with Crippen molar-refractivity contribution >= 4 is 0 Å². The van der Waals surface area contributed by atoms with Crippen LogP contribution < -0.4 is 11.1 Å². The molecule has 2 rings (SSSR count). The summed E-state index contributed by atoms with van der Waals surface area (Å²) < 4.78 is 11.2. The van der Waals surface area contributed by atoms with Gasteiger partial charge in [-0.25, -0.2) is 0 Å². The number of nitrogens with two attached hydrogens (primary N) is 1. The topological polar surface area (TPSA) is 56.5 Å². The SMILES string of the molecule is NC1COC2(CCCNC2)OC1. The number of hydrogen-bond donors (Lipinski definition) is 2. The molecule has 0 aromatic rings. The average molecular weight is 172 g/mol. The molecule has 0 aromatic heterocycles. The van der Waals surface area contributed by atoms with Crippen molar-refractivity contribution in [1.29, 1.82) is 0 Å². The average Bonchev–Trinajstić information content (AvgIpc) is 2.13. The van der Waals surface area contributed by atoms with Crippen LogP contribution in [0.4, 0.5) is 0 Å². The lowest BCUT2D eigenvalue weighted by atomic mass is 10.1. The van der Waals surface area contributed by atoms with E-state index in [1.165, 1.54) is 0 Å². The lowest BCUT2D eigenvalue weighted by Crippen LogP contribution is -2.56. The fourth-order valence-electron chi connectivity index (χ4n) is 1.70. The van der Waals surface area contributed by atoms with E-state index in [-0.39, 0.29) is 11.8 Å². The van der Waals surface area contributed by atoms with E-state index in [4.69, 9.17) is 15.2 Å². The van der Waals surface area contributed by atoms with Crippen molar-refractivity contribution in [1.82, 2.24) is 5.32 Å². The monoisotopic (exact) mass is 172 g/mol. The molecule has 2 fully saturated rings. The molecular weight excluding hydrogens is 156 g/mol. The summed E-state index contributed by atoms with van der Waals surface area (Å²) in [6.45, 7) is 3.13. The Morgan fingerprint density at radius 1 is 1.33 bits per heavy atom. The smallest absolute Gasteiger partial charge is 0.180 e. The van der Waals surface area contributed by atoms with Crippen molar-refractivity contribution in [3.63, 3.8) is 0 Å². The molecule has 0 aliphatic carbocycles. The molecule has 0 bridgehead atoms. The van der Waals surface area contributed by atoms with Crippen molar-refractivity contribution < 1.29 is 9.47 Å². The molecule has 0 aromatic carbocycles. The predicted octanol–water partition coefficient (Wildman–Crippen LogP) is -0.560. The van der Waals surface area contributed by atoms with Crippen LogP contribution in [0.1, 0.15) is 12.8 Å². The Morgan fingerprint density at radius 3 is 2.67 bits per heavy atom. The summed E-state index contributed by atoms with van der Waals surface area (Å²) in [6.07, 6.45) is 2.11. The van der Waals surface area contributed by atoms with Crippen molar-refractivity contribution in [2.75, 3.05) is 26.3 Å². The van der Waals surface area contributed by atoms with Crippen LogP contribution in [0.5, 0.6) is 0 Å². The van der Waals surface area contributed by atoms with Crippen LogP contribution in [0.3, 0.4) is 0 Å². The standard InChI is InChI=1S/C8H16N2O2/c9-7-4-11-8(12-5-7)2-1-3-10-6-8/h7,10H,1-6,9H2. The second kappa shape index (κ2) is 3.30. The second-order valence-electron chi connectivity index (χ2n) is 3.57. The summed E-state index contributed by atoms with van der Waals surface area (Å²) in [5.41, 5.74) is 5.65. The first-order chi connectivity index (χ1) is 5.81. The summed E-state index contributed by atoms with van der Waals surface area (Å²) in [4.78, 5) is 0. The number of ether oxygens (including phenoxy) is 2. The molecule has 0 unspecified atom stereocenters. The van der Waals surface area contributed by atoms with Gasteiger partial charge in [-0.15, -0.1) is 0 Å². The van der Waals surface area contributed by atoms with Crippen molar-refractivity contribution in [2.45, 2.75) is 24.7 Å². The summed E-state index contributed by atoms with van der Waals surface area (Å²) >= 11 is 0. The Bertz CT molecular complexity index is 147. The number of hydrogen-bond acceptors (Lipinski definition) is 4. The highest BCUT2D eigenvalue weighted by atomic mass is 16.7. The fourth-order valence-corrected chi connectivity index (χ4v) is 1.70. The highest BCUT2D eigenvalue weighted by Crippen LogP contribution is 2.25. The highest BCUT2D eigenvalue weighted by molar-refractivity contribution is 4.82. The predicted molar refractivity (Wildman–Crippen MR) is 44.7 cm³/mol. The molecule has 4 heteroatoms. The minimum Gasteiger partial charge on any atom is -0.347 e. The molecule has 3 N–H and O–H groups in total. The Hall–Kier alpha value is -0.160. The lowest BCUT2D eigenvalue weighted by Gasteiger charge is -2.41. The quantitative estimate of drug-likeness (QED) is 0.514. The molecule has 2 heterocycles. The Labute approximate surface area is 72.4 Å². The summed E-state index contributed by atoms with van der Waals surface area (Å²) in [5.74, 6) is -0.353. The fraction of sp³-hybridized carbons (Fsp3) is 1.00. The third-order valence-corrected chi connectivity index (χ3v) is 2.43. The van der Waals surface area contributed by atoms with Gasteiger partial charge in [0, 0.05) is 13.0 Å². The van der Waals surface area contributed by atoms with Crippen LogP contribution in [0.25, 0.3) is 0 Å². The van der Waals surface area contributed by atoms with Crippen molar-refractivity contribution in [3.8, 4) is 0 Å². The van der Waals surface area contributed by atoms with Crippen molar-refractivity contribution in [2.24, 2.45) is 5.73 Å².